The maximum absolute atomic E-state index is 13.5. The van der Waals surface area contributed by atoms with Gasteiger partial charge in [-0.2, -0.15) is 0 Å². The van der Waals surface area contributed by atoms with E-state index in [-0.39, 0.29) is 18.6 Å². The SMILES string of the molecule is CCN(CC(=O)O)C1CC(NC(=O)c2ccc(F)c(F)c2F)C1. The van der Waals surface area contributed by atoms with E-state index in [2.05, 4.69) is 5.32 Å². The Morgan fingerprint density at radius 2 is 1.91 bits per heavy atom. The molecule has 1 saturated carbocycles. The first-order valence-electron chi connectivity index (χ1n) is 7.23. The molecule has 126 valence electrons. The molecular formula is C15H17F3N2O3. The van der Waals surface area contributed by atoms with E-state index in [1.807, 2.05) is 6.92 Å². The Morgan fingerprint density at radius 3 is 2.48 bits per heavy atom. The van der Waals surface area contributed by atoms with Crippen LogP contribution in [0.15, 0.2) is 12.1 Å². The molecule has 1 aliphatic carbocycles. The van der Waals surface area contributed by atoms with Gasteiger partial charge in [0.15, 0.2) is 17.5 Å². The molecule has 0 saturated heterocycles. The summed E-state index contributed by atoms with van der Waals surface area (Å²) in [4.78, 5) is 24.4. The number of carboxylic acid groups (broad SMARTS) is 1. The Hall–Kier alpha value is -2.09. The molecule has 8 heteroatoms. The molecule has 0 bridgehead atoms. The van der Waals surface area contributed by atoms with E-state index in [0.29, 0.717) is 25.5 Å². The molecule has 5 nitrogen and oxygen atoms in total. The van der Waals surface area contributed by atoms with Crippen LogP contribution in [0.2, 0.25) is 0 Å². The Bertz CT molecular complexity index is 618. The first-order chi connectivity index (χ1) is 10.8. The number of nitrogens with one attached hydrogen (secondary N) is 1. The number of likely N-dealkylation sites (N-methyl/N-ethyl adjacent to an activating group) is 1. The van der Waals surface area contributed by atoms with Gasteiger partial charge in [0.25, 0.3) is 5.91 Å². The molecule has 0 atom stereocenters. The van der Waals surface area contributed by atoms with Gasteiger partial charge in [0.05, 0.1) is 12.1 Å². The fourth-order valence-corrected chi connectivity index (χ4v) is 2.64. The standard InChI is InChI=1S/C15H17F3N2O3/c1-2-20(7-12(21)22)9-5-8(6-9)19-15(23)10-3-4-11(16)14(18)13(10)17/h3-4,8-9H,2,5-7H2,1H3,(H,19,23)(H,21,22). The van der Waals surface area contributed by atoms with E-state index in [9.17, 15) is 22.8 Å². The van der Waals surface area contributed by atoms with Gasteiger partial charge in [-0.25, -0.2) is 13.2 Å². The van der Waals surface area contributed by atoms with Crippen molar-refractivity contribution in [2.45, 2.75) is 31.8 Å². The number of halogens is 3. The zero-order chi connectivity index (χ0) is 17.1. The molecule has 0 unspecified atom stereocenters. The highest BCUT2D eigenvalue weighted by molar-refractivity contribution is 5.94. The van der Waals surface area contributed by atoms with Gasteiger partial charge in [-0.05, 0) is 31.5 Å². The second-order valence-corrected chi connectivity index (χ2v) is 5.48. The average Bonchev–Trinajstić information content (AvgIpc) is 2.45. The van der Waals surface area contributed by atoms with Crippen LogP contribution in [-0.4, -0.2) is 47.1 Å². The van der Waals surface area contributed by atoms with E-state index >= 15 is 0 Å². The van der Waals surface area contributed by atoms with Gasteiger partial charge in [0.2, 0.25) is 0 Å². The van der Waals surface area contributed by atoms with Gasteiger partial charge in [0, 0.05) is 12.1 Å². The van der Waals surface area contributed by atoms with Crippen LogP contribution in [0.3, 0.4) is 0 Å². The summed E-state index contributed by atoms with van der Waals surface area (Å²) in [6, 6.07) is 1.36. The lowest BCUT2D eigenvalue weighted by atomic mass is 9.85. The maximum atomic E-state index is 13.5. The fourth-order valence-electron chi connectivity index (χ4n) is 2.64. The third kappa shape index (κ3) is 3.82. The molecule has 0 radical (unpaired) electrons. The normalized spacial score (nSPS) is 20.2. The second kappa shape index (κ2) is 6.99. The van der Waals surface area contributed by atoms with Crippen molar-refractivity contribution in [2.24, 2.45) is 0 Å². The molecule has 1 aliphatic rings. The number of carboxylic acids is 1. The van der Waals surface area contributed by atoms with Gasteiger partial charge in [-0.1, -0.05) is 6.92 Å². The number of carbonyl (C=O) groups is 2. The summed E-state index contributed by atoms with van der Waals surface area (Å²) in [5, 5.41) is 11.3. The number of hydrogen-bond acceptors (Lipinski definition) is 3. The number of hydrogen-bond donors (Lipinski definition) is 2. The quantitative estimate of drug-likeness (QED) is 0.780. The highest BCUT2D eigenvalue weighted by Crippen LogP contribution is 2.26. The second-order valence-electron chi connectivity index (χ2n) is 5.48. The maximum Gasteiger partial charge on any atom is 0.317 e. The van der Waals surface area contributed by atoms with Crippen molar-refractivity contribution in [3.8, 4) is 0 Å². The smallest absolute Gasteiger partial charge is 0.317 e. The molecule has 1 aromatic rings. The van der Waals surface area contributed by atoms with Crippen molar-refractivity contribution in [1.82, 2.24) is 10.2 Å². The van der Waals surface area contributed by atoms with E-state index in [1.54, 1.807) is 4.90 Å². The Kier molecular flexibility index (Phi) is 5.25. The molecule has 1 aromatic carbocycles. The Labute approximate surface area is 131 Å². The molecule has 0 heterocycles. The number of aliphatic carboxylic acids is 1. The van der Waals surface area contributed by atoms with Crippen LogP contribution in [0.5, 0.6) is 0 Å². The van der Waals surface area contributed by atoms with Gasteiger partial charge in [-0.3, -0.25) is 14.5 Å². The van der Waals surface area contributed by atoms with Gasteiger partial charge in [-0.15, -0.1) is 0 Å². The fraction of sp³-hybridized carbons (Fsp3) is 0.467. The molecule has 23 heavy (non-hydrogen) atoms. The van der Waals surface area contributed by atoms with Crippen LogP contribution in [0.1, 0.15) is 30.1 Å². The summed E-state index contributed by atoms with van der Waals surface area (Å²) in [6.45, 7) is 2.32. The predicted molar refractivity (Wildman–Crippen MR) is 75.5 cm³/mol. The summed E-state index contributed by atoms with van der Waals surface area (Å²) >= 11 is 0. The summed E-state index contributed by atoms with van der Waals surface area (Å²) in [6.07, 6.45) is 1.05. The Morgan fingerprint density at radius 1 is 1.26 bits per heavy atom. The first kappa shape index (κ1) is 17.3. The number of rotatable bonds is 6. The minimum Gasteiger partial charge on any atom is -0.480 e. The molecule has 1 amide bonds. The van der Waals surface area contributed by atoms with Crippen LogP contribution in [-0.2, 0) is 4.79 Å². The average molecular weight is 330 g/mol. The highest BCUT2D eigenvalue weighted by atomic mass is 19.2. The lowest BCUT2D eigenvalue weighted by Crippen LogP contribution is -2.54. The summed E-state index contributed by atoms with van der Waals surface area (Å²) in [7, 11) is 0. The zero-order valence-corrected chi connectivity index (χ0v) is 12.5. The third-order valence-electron chi connectivity index (χ3n) is 3.99. The van der Waals surface area contributed by atoms with Crippen molar-refractivity contribution >= 4 is 11.9 Å². The van der Waals surface area contributed by atoms with Crippen LogP contribution in [0.4, 0.5) is 13.2 Å². The summed E-state index contributed by atoms with van der Waals surface area (Å²) < 4.78 is 39.5. The van der Waals surface area contributed by atoms with Crippen LogP contribution in [0.25, 0.3) is 0 Å². The van der Waals surface area contributed by atoms with Crippen LogP contribution >= 0.6 is 0 Å². The minimum atomic E-state index is -1.68. The monoisotopic (exact) mass is 330 g/mol. The molecule has 0 spiro atoms. The first-order valence-corrected chi connectivity index (χ1v) is 7.23. The lowest BCUT2D eigenvalue weighted by Gasteiger charge is -2.42. The summed E-state index contributed by atoms with van der Waals surface area (Å²) in [5.41, 5.74) is -0.551. The molecule has 0 aliphatic heterocycles. The van der Waals surface area contributed by atoms with E-state index < -0.39 is 34.9 Å². The zero-order valence-electron chi connectivity index (χ0n) is 12.5. The number of carbonyl (C=O) groups excluding carboxylic acids is 1. The van der Waals surface area contributed by atoms with Crippen LogP contribution in [0, 0.1) is 17.5 Å². The molecule has 1 fully saturated rings. The molecule has 0 aromatic heterocycles. The largest absolute Gasteiger partial charge is 0.480 e. The number of amides is 1. The number of nitrogens with zero attached hydrogens (tertiary/aromatic N) is 1. The van der Waals surface area contributed by atoms with E-state index in [0.717, 1.165) is 6.07 Å². The third-order valence-corrected chi connectivity index (χ3v) is 3.99. The molecule has 2 rings (SSSR count). The van der Waals surface area contributed by atoms with Crippen molar-refractivity contribution in [3.05, 3.63) is 35.1 Å². The molecular weight excluding hydrogens is 313 g/mol. The Balaban J connectivity index is 1.92. The van der Waals surface area contributed by atoms with Gasteiger partial charge < -0.3 is 10.4 Å². The van der Waals surface area contributed by atoms with E-state index in [1.165, 1.54) is 0 Å². The highest BCUT2D eigenvalue weighted by Gasteiger charge is 2.35. The van der Waals surface area contributed by atoms with Gasteiger partial charge in [0.1, 0.15) is 0 Å². The summed E-state index contributed by atoms with van der Waals surface area (Å²) in [5.74, 6) is -6.29. The molecule has 2 N–H and O–H groups in total. The van der Waals surface area contributed by atoms with Crippen molar-refractivity contribution in [1.29, 1.82) is 0 Å². The lowest BCUT2D eigenvalue weighted by molar-refractivity contribution is -0.139. The van der Waals surface area contributed by atoms with Crippen molar-refractivity contribution < 1.29 is 27.9 Å². The predicted octanol–water partition coefficient (Wildman–Crippen LogP) is 1.77. The number of benzene rings is 1. The van der Waals surface area contributed by atoms with E-state index in [4.69, 9.17) is 5.11 Å². The van der Waals surface area contributed by atoms with Crippen molar-refractivity contribution in [3.63, 3.8) is 0 Å². The minimum absolute atomic E-state index is 0.0243. The van der Waals surface area contributed by atoms with Gasteiger partial charge >= 0.3 is 5.97 Å². The van der Waals surface area contributed by atoms with Crippen molar-refractivity contribution in [2.75, 3.05) is 13.1 Å². The van der Waals surface area contributed by atoms with Crippen LogP contribution < -0.4 is 5.32 Å². The topological polar surface area (TPSA) is 69.6 Å².